The molecule has 0 fully saturated rings. The van der Waals surface area contributed by atoms with Crippen molar-refractivity contribution in [1.82, 2.24) is 0 Å². The van der Waals surface area contributed by atoms with E-state index in [1.807, 2.05) is 32.1 Å². The van der Waals surface area contributed by atoms with Crippen LogP contribution in [0, 0.1) is 12.7 Å². The molecule has 0 aliphatic heterocycles. The van der Waals surface area contributed by atoms with Crippen LogP contribution in [-0.4, -0.2) is 0 Å². The SMILES string of the molecule is C=C/C(C)=C(\C=C)C(=C)/C(=C\C)Cc1cccc(C)c1F. The molecule has 0 atom stereocenters. The van der Waals surface area contributed by atoms with Crippen molar-refractivity contribution in [3.63, 3.8) is 0 Å². The van der Waals surface area contributed by atoms with Gasteiger partial charge in [0, 0.05) is 6.42 Å². The number of aryl methyl sites for hydroxylation is 1. The minimum atomic E-state index is -0.144. The lowest BCUT2D eigenvalue weighted by Gasteiger charge is -2.15. The Morgan fingerprint density at radius 3 is 2.43 bits per heavy atom. The fraction of sp³-hybridized carbons (Fsp3) is 0.200. The molecule has 0 spiro atoms. The predicted octanol–water partition coefficient (Wildman–Crippen LogP) is 5.87. The molecule has 1 aromatic rings. The molecule has 0 aromatic heterocycles. The van der Waals surface area contributed by atoms with E-state index < -0.39 is 0 Å². The lowest BCUT2D eigenvalue weighted by atomic mass is 9.90. The van der Waals surface area contributed by atoms with E-state index in [1.54, 1.807) is 25.1 Å². The van der Waals surface area contributed by atoms with Crippen LogP contribution in [0.4, 0.5) is 4.39 Å². The summed E-state index contributed by atoms with van der Waals surface area (Å²) in [6.45, 7) is 17.5. The number of halogens is 1. The summed E-state index contributed by atoms with van der Waals surface area (Å²) in [6.07, 6.45) is 6.05. The standard InChI is InChI=1S/C20H23F/c1-7-14(4)19(9-3)16(6)17(8-2)13-18-12-10-11-15(5)20(18)21/h7-12H,1,3,6,13H2,2,4-5H3/b17-8-,19-14+. The highest BCUT2D eigenvalue weighted by Gasteiger charge is 2.11. The van der Waals surface area contributed by atoms with Crippen LogP contribution in [0.1, 0.15) is 25.0 Å². The fourth-order valence-electron chi connectivity index (χ4n) is 2.24. The third-order valence-corrected chi connectivity index (χ3v) is 3.65. The molecule has 1 rings (SSSR count). The van der Waals surface area contributed by atoms with E-state index >= 15 is 0 Å². The fourth-order valence-corrected chi connectivity index (χ4v) is 2.24. The van der Waals surface area contributed by atoms with Crippen LogP contribution in [-0.2, 0) is 6.42 Å². The topological polar surface area (TPSA) is 0 Å². The highest BCUT2D eigenvalue weighted by molar-refractivity contribution is 5.54. The largest absolute Gasteiger partial charge is 0.206 e. The summed E-state index contributed by atoms with van der Waals surface area (Å²) in [5, 5.41) is 0. The average Bonchev–Trinajstić information content (AvgIpc) is 2.49. The van der Waals surface area contributed by atoms with Crippen LogP contribution in [0.5, 0.6) is 0 Å². The summed E-state index contributed by atoms with van der Waals surface area (Å²) >= 11 is 0. The van der Waals surface area contributed by atoms with E-state index in [0.717, 1.165) is 22.3 Å². The van der Waals surface area contributed by atoms with Gasteiger partial charge in [-0.15, -0.1) is 0 Å². The molecule has 0 nitrogen and oxygen atoms in total. The van der Waals surface area contributed by atoms with Crippen molar-refractivity contribution in [2.45, 2.75) is 27.2 Å². The second-order valence-corrected chi connectivity index (χ2v) is 5.02. The third kappa shape index (κ3) is 3.91. The molecular weight excluding hydrogens is 259 g/mol. The molecule has 0 radical (unpaired) electrons. The number of rotatable bonds is 6. The van der Waals surface area contributed by atoms with E-state index in [2.05, 4.69) is 19.7 Å². The van der Waals surface area contributed by atoms with Crippen molar-refractivity contribution in [1.29, 1.82) is 0 Å². The first-order valence-corrected chi connectivity index (χ1v) is 7.00. The highest BCUT2D eigenvalue weighted by atomic mass is 19.1. The molecule has 1 heteroatoms. The van der Waals surface area contributed by atoms with Gasteiger partial charge in [-0.05, 0) is 54.2 Å². The molecule has 0 aliphatic carbocycles. The molecule has 0 unspecified atom stereocenters. The second kappa shape index (κ2) is 7.58. The second-order valence-electron chi connectivity index (χ2n) is 5.02. The zero-order valence-corrected chi connectivity index (χ0v) is 13.2. The Labute approximate surface area is 127 Å². The minimum absolute atomic E-state index is 0.144. The van der Waals surface area contributed by atoms with Gasteiger partial charge in [0.1, 0.15) is 5.82 Å². The van der Waals surface area contributed by atoms with Gasteiger partial charge in [0.05, 0.1) is 0 Å². The maximum atomic E-state index is 14.2. The van der Waals surface area contributed by atoms with Gasteiger partial charge in [0.2, 0.25) is 0 Å². The summed E-state index contributed by atoms with van der Waals surface area (Å²) in [5.41, 5.74) is 5.17. The van der Waals surface area contributed by atoms with Crippen LogP contribution in [0.25, 0.3) is 0 Å². The van der Waals surface area contributed by atoms with Crippen molar-refractivity contribution in [3.05, 3.63) is 95.4 Å². The molecular formula is C20H23F. The van der Waals surface area contributed by atoms with Gasteiger partial charge in [-0.2, -0.15) is 0 Å². The molecule has 0 saturated carbocycles. The molecule has 0 heterocycles. The number of benzene rings is 1. The Bertz CT molecular complexity index is 627. The first kappa shape index (κ1) is 16.9. The number of hydrogen-bond donors (Lipinski definition) is 0. The molecule has 1 aromatic carbocycles. The van der Waals surface area contributed by atoms with E-state index in [1.165, 1.54) is 0 Å². The zero-order chi connectivity index (χ0) is 16.0. The molecule has 0 bridgehead atoms. The van der Waals surface area contributed by atoms with Gasteiger partial charge < -0.3 is 0 Å². The lowest BCUT2D eigenvalue weighted by molar-refractivity contribution is 0.604. The van der Waals surface area contributed by atoms with Crippen molar-refractivity contribution >= 4 is 0 Å². The summed E-state index contributed by atoms with van der Waals surface area (Å²) in [5.74, 6) is -0.144. The van der Waals surface area contributed by atoms with Crippen LogP contribution in [0.15, 0.2) is 78.5 Å². The molecule has 21 heavy (non-hydrogen) atoms. The Morgan fingerprint density at radius 1 is 1.24 bits per heavy atom. The van der Waals surface area contributed by atoms with Crippen LogP contribution < -0.4 is 0 Å². The summed E-state index contributed by atoms with van der Waals surface area (Å²) in [7, 11) is 0. The maximum absolute atomic E-state index is 14.2. The molecule has 0 aliphatic rings. The number of allylic oxidation sites excluding steroid dienone is 7. The molecule has 0 saturated heterocycles. The first-order chi connectivity index (χ1) is 9.96. The Morgan fingerprint density at radius 2 is 1.90 bits per heavy atom. The Kier molecular flexibility index (Phi) is 6.10. The van der Waals surface area contributed by atoms with Crippen LogP contribution in [0.2, 0.25) is 0 Å². The average molecular weight is 282 g/mol. The maximum Gasteiger partial charge on any atom is 0.129 e. The van der Waals surface area contributed by atoms with Crippen molar-refractivity contribution in [2.24, 2.45) is 0 Å². The Balaban J connectivity index is 3.16. The monoisotopic (exact) mass is 282 g/mol. The van der Waals surface area contributed by atoms with E-state index in [-0.39, 0.29) is 5.82 Å². The van der Waals surface area contributed by atoms with Gasteiger partial charge in [-0.3, -0.25) is 0 Å². The van der Waals surface area contributed by atoms with Gasteiger partial charge in [-0.25, -0.2) is 4.39 Å². The third-order valence-electron chi connectivity index (χ3n) is 3.65. The van der Waals surface area contributed by atoms with Crippen LogP contribution >= 0.6 is 0 Å². The quantitative estimate of drug-likeness (QED) is 0.573. The van der Waals surface area contributed by atoms with Crippen molar-refractivity contribution < 1.29 is 4.39 Å². The van der Waals surface area contributed by atoms with Crippen molar-refractivity contribution in [3.8, 4) is 0 Å². The smallest absolute Gasteiger partial charge is 0.129 e. The van der Waals surface area contributed by atoms with Gasteiger partial charge in [-0.1, -0.05) is 56.2 Å². The molecule has 0 amide bonds. The molecule has 110 valence electrons. The summed E-state index contributed by atoms with van der Waals surface area (Å²) in [4.78, 5) is 0. The summed E-state index contributed by atoms with van der Waals surface area (Å²) < 4.78 is 14.2. The molecule has 0 N–H and O–H groups in total. The highest BCUT2D eigenvalue weighted by Crippen LogP contribution is 2.26. The van der Waals surface area contributed by atoms with Crippen molar-refractivity contribution in [2.75, 3.05) is 0 Å². The normalized spacial score (nSPS) is 12.7. The van der Waals surface area contributed by atoms with Gasteiger partial charge >= 0.3 is 0 Å². The van der Waals surface area contributed by atoms with E-state index in [9.17, 15) is 4.39 Å². The Hall–Kier alpha value is -2.15. The van der Waals surface area contributed by atoms with E-state index in [4.69, 9.17) is 0 Å². The van der Waals surface area contributed by atoms with Crippen LogP contribution in [0.3, 0.4) is 0 Å². The zero-order valence-electron chi connectivity index (χ0n) is 13.2. The predicted molar refractivity (Wildman–Crippen MR) is 90.8 cm³/mol. The van der Waals surface area contributed by atoms with Gasteiger partial charge in [0.15, 0.2) is 0 Å². The minimum Gasteiger partial charge on any atom is -0.206 e. The van der Waals surface area contributed by atoms with Gasteiger partial charge in [0.25, 0.3) is 0 Å². The van der Waals surface area contributed by atoms with E-state index in [0.29, 0.717) is 17.5 Å². The number of hydrogen-bond acceptors (Lipinski definition) is 0. The lowest BCUT2D eigenvalue weighted by Crippen LogP contribution is -2.00. The first-order valence-electron chi connectivity index (χ1n) is 7.00. The summed E-state index contributed by atoms with van der Waals surface area (Å²) in [6, 6.07) is 5.47.